The minimum atomic E-state index is -0.704. The Morgan fingerprint density at radius 3 is 2.35 bits per heavy atom. The maximum Gasteiger partial charge on any atom is 0.160 e. The summed E-state index contributed by atoms with van der Waals surface area (Å²) >= 11 is 0. The number of carbonyl (C=O) groups is 1. The number of ketones is 1. The third-order valence-electron chi connectivity index (χ3n) is 3.63. The number of aliphatic hydroxyl groups excluding tert-OH is 1. The summed E-state index contributed by atoms with van der Waals surface area (Å²) in [5.74, 6) is 1.29. The molecular formula is C19H22O4. The van der Waals surface area contributed by atoms with Gasteiger partial charge in [-0.2, -0.15) is 0 Å². The zero-order valence-corrected chi connectivity index (χ0v) is 13.5. The van der Waals surface area contributed by atoms with E-state index < -0.39 is 6.10 Å². The largest absolute Gasteiger partial charge is 0.493 e. The van der Waals surface area contributed by atoms with E-state index in [-0.39, 0.29) is 12.2 Å². The van der Waals surface area contributed by atoms with Crippen LogP contribution in [0.15, 0.2) is 48.5 Å². The number of ether oxygens (including phenoxy) is 2. The summed E-state index contributed by atoms with van der Waals surface area (Å²) in [6.07, 6.45) is 0.192. The van der Waals surface area contributed by atoms with Crippen molar-refractivity contribution in [3.8, 4) is 11.5 Å². The minimum absolute atomic E-state index is 0.0316. The zero-order chi connectivity index (χ0) is 16.7. The second-order valence-corrected chi connectivity index (χ2v) is 5.45. The Labute approximate surface area is 136 Å². The maximum absolute atomic E-state index is 12.0. The fourth-order valence-electron chi connectivity index (χ4n) is 2.51. The molecule has 0 saturated heterocycles. The van der Waals surface area contributed by atoms with E-state index >= 15 is 0 Å². The van der Waals surface area contributed by atoms with Crippen molar-refractivity contribution >= 4 is 5.78 Å². The number of rotatable bonds is 8. The maximum atomic E-state index is 12.0. The highest BCUT2D eigenvalue weighted by molar-refractivity contribution is 5.81. The fourth-order valence-corrected chi connectivity index (χ4v) is 2.51. The summed E-state index contributed by atoms with van der Waals surface area (Å²) in [7, 11) is 3.15. The lowest BCUT2D eigenvalue weighted by Crippen LogP contribution is -2.17. The number of methoxy groups -OCH3 is 2. The Kier molecular flexibility index (Phi) is 6.18. The van der Waals surface area contributed by atoms with Crippen LogP contribution in [0.2, 0.25) is 0 Å². The van der Waals surface area contributed by atoms with Crippen LogP contribution in [0.4, 0.5) is 0 Å². The fraction of sp³-hybridized carbons (Fsp3) is 0.316. The van der Waals surface area contributed by atoms with Crippen LogP contribution >= 0.6 is 0 Å². The normalized spacial score (nSPS) is 11.8. The molecule has 4 heteroatoms. The van der Waals surface area contributed by atoms with Crippen molar-refractivity contribution in [3.63, 3.8) is 0 Å². The number of Topliss-reactive ketones (excluding diaryl/α,β-unsaturated/α-hetero) is 1. The van der Waals surface area contributed by atoms with Gasteiger partial charge in [0.1, 0.15) is 5.78 Å². The van der Waals surface area contributed by atoms with E-state index in [1.807, 2.05) is 42.5 Å². The van der Waals surface area contributed by atoms with Gasteiger partial charge < -0.3 is 14.6 Å². The molecule has 0 aliphatic carbocycles. The van der Waals surface area contributed by atoms with Crippen molar-refractivity contribution in [2.75, 3.05) is 14.2 Å². The van der Waals surface area contributed by atoms with Gasteiger partial charge in [0.15, 0.2) is 11.5 Å². The summed E-state index contributed by atoms with van der Waals surface area (Å²) in [6, 6.07) is 15.0. The van der Waals surface area contributed by atoms with E-state index in [2.05, 4.69) is 0 Å². The first-order valence-electron chi connectivity index (χ1n) is 7.57. The van der Waals surface area contributed by atoms with Gasteiger partial charge in [0.05, 0.1) is 20.3 Å². The SMILES string of the molecule is COc1ccc(CC(O)CC(=O)Cc2ccccc2)cc1OC. The van der Waals surface area contributed by atoms with Crippen molar-refractivity contribution in [3.05, 3.63) is 59.7 Å². The van der Waals surface area contributed by atoms with E-state index in [4.69, 9.17) is 9.47 Å². The molecule has 1 N–H and O–H groups in total. The summed E-state index contributed by atoms with van der Waals surface area (Å²) in [4.78, 5) is 12.0. The van der Waals surface area contributed by atoms with E-state index in [9.17, 15) is 9.90 Å². The van der Waals surface area contributed by atoms with Gasteiger partial charge >= 0.3 is 0 Å². The topological polar surface area (TPSA) is 55.8 Å². The summed E-state index contributed by atoms with van der Waals surface area (Å²) < 4.78 is 10.4. The molecule has 0 radical (unpaired) electrons. The average molecular weight is 314 g/mol. The number of carbonyl (C=O) groups excluding carboxylic acids is 1. The van der Waals surface area contributed by atoms with Crippen LogP contribution in [0, 0.1) is 0 Å². The molecule has 2 aromatic rings. The van der Waals surface area contributed by atoms with Gasteiger partial charge in [0.25, 0.3) is 0 Å². The van der Waals surface area contributed by atoms with Crippen molar-refractivity contribution in [2.45, 2.75) is 25.4 Å². The van der Waals surface area contributed by atoms with Crippen molar-refractivity contribution in [1.29, 1.82) is 0 Å². The molecule has 122 valence electrons. The van der Waals surface area contributed by atoms with Crippen LogP contribution in [-0.2, 0) is 17.6 Å². The lowest BCUT2D eigenvalue weighted by Gasteiger charge is -2.13. The molecule has 0 aliphatic heterocycles. The molecule has 4 nitrogen and oxygen atoms in total. The van der Waals surface area contributed by atoms with Crippen LogP contribution < -0.4 is 9.47 Å². The first-order valence-corrected chi connectivity index (χ1v) is 7.57. The number of benzene rings is 2. The van der Waals surface area contributed by atoms with E-state index in [0.717, 1.165) is 11.1 Å². The standard InChI is InChI=1S/C19H22O4/c1-22-18-9-8-15(12-19(18)23-2)11-17(21)13-16(20)10-14-6-4-3-5-7-14/h3-9,12,17,21H,10-11,13H2,1-2H3. The quantitative estimate of drug-likeness (QED) is 0.814. The highest BCUT2D eigenvalue weighted by atomic mass is 16.5. The molecule has 0 spiro atoms. The average Bonchev–Trinajstić information content (AvgIpc) is 2.55. The van der Waals surface area contributed by atoms with Gasteiger partial charge in [-0.3, -0.25) is 4.79 Å². The second-order valence-electron chi connectivity index (χ2n) is 5.45. The molecule has 1 unspecified atom stereocenters. The Morgan fingerprint density at radius 1 is 1.00 bits per heavy atom. The molecule has 0 fully saturated rings. The highest BCUT2D eigenvalue weighted by Gasteiger charge is 2.13. The Balaban J connectivity index is 1.91. The Morgan fingerprint density at radius 2 is 1.70 bits per heavy atom. The number of aliphatic hydroxyl groups is 1. The van der Waals surface area contributed by atoms with Crippen LogP contribution in [0.5, 0.6) is 11.5 Å². The molecule has 0 heterocycles. The van der Waals surface area contributed by atoms with Crippen molar-refractivity contribution in [2.24, 2.45) is 0 Å². The molecule has 0 aromatic heterocycles. The van der Waals surface area contributed by atoms with Crippen molar-refractivity contribution < 1.29 is 19.4 Å². The molecule has 0 amide bonds. The molecule has 0 saturated carbocycles. The molecule has 23 heavy (non-hydrogen) atoms. The van der Waals surface area contributed by atoms with Gasteiger partial charge in [0, 0.05) is 12.8 Å². The van der Waals surface area contributed by atoms with Gasteiger partial charge in [0.2, 0.25) is 0 Å². The summed E-state index contributed by atoms with van der Waals surface area (Å²) in [6.45, 7) is 0. The number of hydrogen-bond donors (Lipinski definition) is 1. The third kappa shape index (κ3) is 5.11. The van der Waals surface area contributed by atoms with Gasteiger partial charge in [-0.05, 0) is 29.7 Å². The number of hydrogen-bond acceptors (Lipinski definition) is 4. The first kappa shape index (κ1) is 17.0. The predicted molar refractivity (Wildman–Crippen MR) is 89.0 cm³/mol. The Hall–Kier alpha value is -2.33. The predicted octanol–water partition coefficient (Wildman–Crippen LogP) is 2.81. The highest BCUT2D eigenvalue weighted by Crippen LogP contribution is 2.28. The van der Waals surface area contributed by atoms with Crippen LogP contribution in [0.3, 0.4) is 0 Å². The third-order valence-corrected chi connectivity index (χ3v) is 3.63. The van der Waals surface area contributed by atoms with Gasteiger partial charge in [-0.25, -0.2) is 0 Å². The zero-order valence-electron chi connectivity index (χ0n) is 13.5. The molecule has 0 bridgehead atoms. The van der Waals surface area contributed by atoms with Gasteiger partial charge in [-0.1, -0.05) is 36.4 Å². The molecule has 0 aliphatic rings. The summed E-state index contributed by atoms with van der Waals surface area (Å²) in [5, 5.41) is 10.1. The van der Waals surface area contributed by atoms with Gasteiger partial charge in [-0.15, -0.1) is 0 Å². The van der Waals surface area contributed by atoms with Crippen molar-refractivity contribution in [1.82, 2.24) is 0 Å². The van der Waals surface area contributed by atoms with Crippen LogP contribution in [0.1, 0.15) is 17.5 Å². The minimum Gasteiger partial charge on any atom is -0.493 e. The van der Waals surface area contributed by atoms with E-state index in [1.54, 1.807) is 20.3 Å². The lowest BCUT2D eigenvalue weighted by molar-refractivity contribution is -0.120. The molecule has 2 rings (SSSR count). The first-order chi connectivity index (χ1) is 11.1. The van der Waals surface area contributed by atoms with E-state index in [0.29, 0.717) is 24.3 Å². The monoisotopic (exact) mass is 314 g/mol. The smallest absolute Gasteiger partial charge is 0.160 e. The molecule has 1 atom stereocenters. The van der Waals surface area contributed by atoms with Crippen LogP contribution in [-0.4, -0.2) is 31.2 Å². The lowest BCUT2D eigenvalue weighted by atomic mass is 10.00. The van der Waals surface area contributed by atoms with E-state index in [1.165, 1.54) is 0 Å². The molecular weight excluding hydrogens is 292 g/mol. The molecule has 2 aromatic carbocycles. The Bertz CT molecular complexity index is 637. The second kappa shape index (κ2) is 8.34. The van der Waals surface area contributed by atoms with Crippen LogP contribution in [0.25, 0.3) is 0 Å². The summed E-state index contributed by atoms with van der Waals surface area (Å²) in [5.41, 5.74) is 1.87.